The number of rotatable bonds is 8. The molecule has 220 valence electrons. The van der Waals surface area contributed by atoms with Crippen molar-refractivity contribution in [1.82, 2.24) is 4.98 Å². The van der Waals surface area contributed by atoms with Crippen molar-refractivity contribution in [3.05, 3.63) is 53.4 Å². The Morgan fingerprint density at radius 2 is 1.85 bits per heavy atom. The molecule has 0 saturated carbocycles. The second kappa shape index (κ2) is 11.2. The van der Waals surface area contributed by atoms with Gasteiger partial charge in [-0.2, -0.15) is 30.7 Å². The normalized spacial score (nSPS) is 24.0. The Morgan fingerprint density at radius 3 is 2.40 bits per heavy atom. The number of carbonyl (C=O) groups excluding carboxylic acids is 2. The standard InChI is InChI=1S/C24H23F8N3O5/c1-10-16(13-3-4-14(25)17(26)18(13)39-9-11(8-36)23(27,28)29)19(40-22(10,2)24(30,31)32)21(38)35-12-5-6-34-15(7-12)20(33)37/h3-7,10-11,16,19,36H,8-9H2,1-2H3,(H2,33,37)(H,34,35,38)/t10-,11?,16-,19+,22+/m0/s1. The number of amides is 2. The average Bonchev–Trinajstić information content (AvgIpc) is 3.13. The molecule has 1 aliphatic heterocycles. The van der Waals surface area contributed by atoms with Crippen LogP contribution < -0.4 is 15.8 Å². The van der Waals surface area contributed by atoms with Gasteiger partial charge < -0.3 is 25.6 Å². The Balaban J connectivity index is 2.09. The summed E-state index contributed by atoms with van der Waals surface area (Å²) in [6, 6.07) is 3.49. The minimum absolute atomic E-state index is 0.123. The lowest BCUT2D eigenvalue weighted by Gasteiger charge is -2.32. The van der Waals surface area contributed by atoms with Crippen LogP contribution in [-0.4, -0.2) is 59.2 Å². The van der Waals surface area contributed by atoms with Crippen molar-refractivity contribution in [2.24, 2.45) is 17.6 Å². The van der Waals surface area contributed by atoms with Crippen molar-refractivity contribution in [2.45, 2.75) is 43.8 Å². The van der Waals surface area contributed by atoms with Gasteiger partial charge in [-0.3, -0.25) is 14.6 Å². The number of nitrogens with two attached hydrogens (primary N) is 1. The number of primary amides is 1. The zero-order valence-electron chi connectivity index (χ0n) is 20.7. The van der Waals surface area contributed by atoms with Crippen molar-refractivity contribution in [2.75, 3.05) is 18.5 Å². The van der Waals surface area contributed by atoms with Gasteiger partial charge in [0, 0.05) is 29.3 Å². The van der Waals surface area contributed by atoms with Crippen LogP contribution in [0.4, 0.5) is 40.8 Å². The highest BCUT2D eigenvalue weighted by Crippen LogP contribution is 2.55. The van der Waals surface area contributed by atoms with Crippen LogP contribution >= 0.6 is 0 Å². The molecule has 16 heteroatoms. The van der Waals surface area contributed by atoms with Crippen LogP contribution in [0.2, 0.25) is 0 Å². The highest BCUT2D eigenvalue weighted by molar-refractivity contribution is 5.97. The van der Waals surface area contributed by atoms with E-state index in [0.717, 1.165) is 25.3 Å². The number of aliphatic hydroxyl groups excluding tert-OH is 1. The van der Waals surface area contributed by atoms with E-state index in [1.54, 1.807) is 0 Å². The lowest BCUT2D eigenvalue weighted by atomic mass is 9.77. The minimum atomic E-state index is -5.09. The van der Waals surface area contributed by atoms with Gasteiger partial charge in [0.15, 0.2) is 17.2 Å². The van der Waals surface area contributed by atoms with E-state index in [1.807, 2.05) is 0 Å². The first-order chi connectivity index (χ1) is 18.4. The fourth-order valence-corrected chi connectivity index (χ4v) is 4.27. The molecule has 1 saturated heterocycles. The second-order valence-electron chi connectivity index (χ2n) is 9.25. The summed E-state index contributed by atoms with van der Waals surface area (Å²) in [4.78, 5) is 28.3. The van der Waals surface area contributed by atoms with E-state index in [4.69, 9.17) is 20.3 Å². The van der Waals surface area contributed by atoms with Crippen molar-refractivity contribution in [3.8, 4) is 5.75 Å². The second-order valence-corrected chi connectivity index (χ2v) is 9.25. The van der Waals surface area contributed by atoms with E-state index >= 15 is 0 Å². The number of ether oxygens (including phenoxy) is 2. The van der Waals surface area contributed by atoms with E-state index in [9.17, 15) is 44.7 Å². The van der Waals surface area contributed by atoms with E-state index in [-0.39, 0.29) is 11.4 Å². The fraction of sp³-hybridized carbons (Fsp3) is 0.458. The number of hydrogen-bond acceptors (Lipinski definition) is 6. The number of nitrogens with zero attached hydrogens (tertiary/aromatic N) is 1. The highest BCUT2D eigenvalue weighted by atomic mass is 19.4. The third-order valence-electron chi connectivity index (χ3n) is 6.76. The molecular weight excluding hydrogens is 562 g/mol. The van der Waals surface area contributed by atoms with Crippen LogP contribution in [-0.2, 0) is 9.53 Å². The highest BCUT2D eigenvalue weighted by Gasteiger charge is 2.66. The van der Waals surface area contributed by atoms with Crippen LogP contribution in [0, 0.1) is 23.5 Å². The van der Waals surface area contributed by atoms with Crippen LogP contribution in [0.15, 0.2) is 30.5 Å². The molecule has 0 spiro atoms. The van der Waals surface area contributed by atoms with Gasteiger partial charge in [0.2, 0.25) is 5.82 Å². The smallest absolute Gasteiger partial charge is 0.417 e. The molecule has 0 radical (unpaired) electrons. The third kappa shape index (κ3) is 5.96. The van der Waals surface area contributed by atoms with Gasteiger partial charge in [0.25, 0.3) is 11.8 Å². The summed E-state index contributed by atoms with van der Waals surface area (Å²) in [5.41, 5.74) is 1.11. The maximum absolute atomic E-state index is 14.9. The van der Waals surface area contributed by atoms with Gasteiger partial charge in [-0.15, -0.1) is 0 Å². The summed E-state index contributed by atoms with van der Waals surface area (Å²) < 4.78 is 121. The maximum Gasteiger partial charge on any atom is 0.417 e. The first-order valence-electron chi connectivity index (χ1n) is 11.5. The molecule has 1 aliphatic rings. The van der Waals surface area contributed by atoms with Crippen molar-refractivity contribution in [1.29, 1.82) is 0 Å². The third-order valence-corrected chi connectivity index (χ3v) is 6.76. The van der Waals surface area contributed by atoms with Gasteiger partial charge in [-0.25, -0.2) is 4.39 Å². The molecule has 2 heterocycles. The summed E-state index contributed by atoms with van der Waals surface area (Å²) >= 11 is 0. The number of halogens is 8. The molecule has 1 unspecified atom stereocenters. The van der Waals surface area contributed by atoms with Crippen LogP contribution in [0.5, 0.6) is 5.75 Å². The Kier molecular flexibility index (Phi) is 8.65. The molecular formula is C24H23F8N3O5. The molecule has 40 heavy (non-hydrogen) atoms. The summed E-state index contributed by atoms with van der Waals surface area (Å²) in [5, 5.41) is 11.3. The van der Waals surface area contributed by atoms with Crippen LogP contribution in [0.1, 0.15) is 35.8 Å². The van der Waals surface area contributed by atoms with Gasteiger partial charge in [-0.05, 0) is 25.1 Å². The summed E-state index contributed by atoms with van der Waals surface area (Å²) in [6.45, 7) is -1.24. The predicted molar refractivity (Wildman–Crippen MR) is 121 cm³/mol. The zero-order valence-corrected chi connectivity index (χ0v) is 20.7. The number of anilines is 1. The Labute approximate surface area is 221 Å². The molecule has 4 N–H and O–H groups in total. The molecule has 0 bridgehead atoms. The van der Waals surface area contributed by atoms with E-state index in [0.29, 0.717) is 13.0 Å². The molecule has 3 rings (SSSR count). The topological polar surface area (TPSA) is 124 Å². The Hall–Kier alpha value is -3.53. The van der Waals surface area contributed by atoms with Gasteiger partial charge in [-0.1, -0.05) is 13.0 Å². The summed E-state index contributed by atoms with van der Waals surface area (Å²) in [5.74, 6) is -12.7. The number of aromatic nitrogens is 1. The number of pyridine rings is 1. The number of carbonyl (C=O) groups is 2. The monoisotopic (exact) mass is 585 g/mol. The Bertz CT molecular complexity index is 1270. The largest absolute Gasteiger partial charge is 0.489 e. The number of benzene rings is 1. The molecule has 8 nitrogen and oxygen atoms in total. The first kappa shape index (κ1) is 31.0. The predicted octanol–water partition coefficient (Wildman–Crippen LogP) is 4.09. The number of alkyl halides is 6. The fourth-order valence-electron chi connectivity index (χ4n) is 4.27. The van der Waals surface area contributed by atoms with Gasteiger partial charge in [0.1, 0.15) is 24.3 Å². The first-order valence-corrected chi connectivity index (χ1v) is 11.5. The minimum Gasteiger partial charge on any atom is -0.489 e. The van der Waals surface area contributed by atoms with Crippen molar-refractivity contribution >= 4 is 17.5 Å². The van der Waals surface area contributed by atoms with Crippen molar-refractivity contribution in [3.63, 3.8) is 0 Å². The summed E-state index contributed by atoms with van der Waals surface area (Å²) in [6.07, 6.45) is -11.1. The maximum atomic E-state index is 14.9. The lowest BCUT2D eigenvalue weighted by molar-refractivity contribution is -0.272. The lowest BCUT2D eigenvalue weighted by Crippen LogP contribution is -2.47. The van der Waals surface area contributed by atoms with E-state index in [2.05, 4.69) is 10.3 Å². The molecule has 1 aromatic heterocycles. The molecule has 1 fully saturated rings. The molecule has 2 amide bonds. The number of aliphatic hydroxyl groups is 1. The molecule has 1 aromatic carbocycles. The quantitative estimate of drug-likeness (QED) is 0.401. The SMILES string of the molecule is C[C@H]1[C@@H](c2ccc(F)c(F)c2OCC(CO)C(F)(F)F)[C@H](C(=O)Nc2ccnc(C(N)=O)c2)O[C@@]1(C)C(F)(F)F. The summed E-state index contributed by atoms with van der Waals surface area (Å²) in [7, 11) is 0. The zero-order chi connectivity index (χ0) is 30.2. The molecule has 5 atom stereocenters. The molecule has 2 aromatic rings. The number of hydrogen-bond donors (Lipinski definition) is 3. The van der Waals surface area contributed by atoms with Gasteiger partial charge >= 0.3 is 12.4 Å². The van der Waals surface area contributed by atoms with Gasteiger partial charge in [0.05, 0.1) is 6.61 Å². The van der Waals surface area contributed by atoms with Crippen LogP contribution in [0.25, 0.3) is 0 Å². The molecule has 0 aliphatic carbocycles. The van der Waals surface area contributed by atoms with Crippen LogP contribution in [0.3, 0.4) is 0 Å². The van der Waals surface area contributed by atoms with Crippen molar-refractivity contribution < 1.29 is 59.3 Å². The van der Waals surface area contributed by atoms with E-state index < -0.39 is 89.8 Å². The Morgan fingerprint density at radius 1 is 1.20 bits per heavy atom. The van der Waals surface area contributed by atoms with E-state index in [1.165, 1.54) is 6.07 Å². The number of nitrogens with one attached hydrogen (secondary N) is 1. The average molecular weight is 585 g/mol.